The Morgan fingerprint density at radius 1 is 1.78 bits per heavy atom. The predicted molar refractivity (Wildman–Crippen MR) is 39.4 cm³/mol. The number of nitrogen functional groups attached to an aromatic ring is 1. The van der Waals surface area contributed by atoms with Gasteiger partial charge in [0.2, 0.25) is 0 Å². The quantitative estimate of drug-likeness (QED) is 0.589. The molecule has 0 spiro atoms. The van der Waals surface area contributed by atoms with Gasteiger partial charge in [0, 0.05) is 13.1 Å². The van der Waals surface area contributed by atoms with Gasteiger partial charge >= 0.3 is 0 Å². The van der Waals surface area contributed by atoms with Gasteiger partial charge < -0.3 is 5.73 Å². The molecular weight excluding hydrogens is 134 g/mol. The molecule has 0 saturated heterocycles. The zero-order valence-corrected chi connectivity index (χ0v) is 6.27. The van der Waals surface area contributed by atoms with Crippen molar-refractivity contribution in [2.45, 2.75) is 5.03 Å². The van der Waals surface area contributed by atoms with Crippen molar-refractivity contribution >= 4 is 17.6 Å². The van der Waals surface area contributed by atoms with E-state index < -0.39 is 0 Å². The maximum Gasteiger partial charge on any atom is 0.122 e. The van der Waals surface area contributed by atoms with E-state index in [2.05, 4.69) is 5.10 Å². The van der Waals surface area contributed by atoms with E-state index in [1.165, 1.54) is 0 Å². The van der Waals surface area contributed by atoms with Crippen molar-refractivity contribution in [3.8, 4) is 0 Å². The van der Waals surface area contributed by atoms with E-state index in [9.17, 15) is 0 Å². The van der Waals surface area contributed by atoms with Gasteiger partial charge in [-0.15, -0.1) is 11.8 Å². The molecule has 0 aliphatic rings. The highest BCUT2D eigenvalue weighted by molar-refractivity contribution is 7.98. The topological polar surface area (TPSA) is 43.8 Å². The molecule has 0 aliphatic heterocycles. The van der Waals surface area contributed by atoms with Crippen molar-refractivity contribution < 1.29 is 0 Å². The molecule has 50 valence electrons. The molecule has 2 N–H and O–H groups in total. The van der Waals surface area contributed by atoms with Gasteiger partial charge in [0.05, 0.1) is 0 Å². The van der Waals surface area contributed by atoms with Gasteiger partial charge in [-0.05, 0) is 6.26 Å². The fourth-order valence-electron chi connectivity index (χ4n) is 0.554. The van der Waals surface area contributed by atoms with E-state index >= 15 is 0 Å². The van der Waals surface area contributed by atoms with Crippen LogP contribution in [0.1, 0.15) is 0 Å². The second-order valence-electron chi connectivity index (χ2n) is 1.74. The zero-order valence-electron chi connectivity index (χ0n) is 5.46. The summed E-state index contributed by atoms with van der Waals surface area (Å²) in [5.74, 6) is 0.708. The summed E-state index contributed by atoms with van der Waals surface area (Å²) in [6.07, 6.45) is 1.97. The second kappa shape index (κ2) is 2.31. The van der Waals surface area contributed by atoms with Crippen LogP contribution in [0.5, 0.6) is 0 Å². The molecular formula is C5H9N3S. The van der Waals surface area contributed by atoms with E-state index in [0.717, 1.165) is 5.03 Å². The molecule has 0 fully saturated rings. The fraction of sp³-hybridized carbons (Fsp3) is 0.400. The maximum atomic E-state index is 5.50. The third-order valence-electron chi connectivity index (χ3n) is 1.10. The average molecular weight is 143 g/mol. The third kappa shape index (κ3) is 1.18. The van der Waals surface area contributed by atoms with Crippen LogP contribution in [0.2, 0.25) is 0 Å². The normalized spacial score (nSPS) is 10.0. The van der Waals surface area contributed by atoms with Crippen molar-refractivity contribution in [2.75, 3.05) is 12.0 Å². The molecule has 9 heavy (non-hydrogen) atoms. The van der Waals surface area contributed by atoms with Crippen LogP contribution in [-0.2, 0) is 7.05 Å². The number of hydrogen-bond donors (Lipinski definition) is 1. The minimum absolute atomic E-state index is 0.708. The molecule has 0 aliphatic carbocycles. The van der Waals surface area contributed by atoms with Gasteiger partial charge in [0.25, 0.3) is 0 Å². The van der Waals surface area contributed by atoms with Crippen molar-refractivity contribution in [1.29, 1.82) is 0 Å². The SMILES string of the molecule is CSc1cc(N)n(C)n1. The number of nitrogens with two attached hydrogens (primary N) is 1. The van der Waals surface area contributed by atoms with Crippen LogP contribution in [-0.4, -0.2) is 16.0 Å². The van der Waals surface area contributed by atoms with Crippen LogP contribution in [0.25, 0.3) is 0 Å². The van der Waals surface area contributed by atoms with Crippen molar-refractivity contribution in [2.24, 2.45) is 7.05 Å². The highest BCUT2D eigenvalue weighted by Gasteiger charge is 1.97. The van der Waals surface area contributed by atoms with Gasteiger partial charge in [-0.3, -0.25) is 4.68 Å². The molecule has 1 rings (SSSR count). The van der Waals surface area contributed by atoms with E-state index in [0.29, 0.717) is 5.82 Å². The first-order valence-corrected chi connectivity index (χ1v) is 3.80. The molecule has 0 amide bonds. The van der Waals surface area contributed by atoms with Crippen LogP contribution < -0.4 is 5.73 Å². The molecule has 0 unspecified atom stereocenters. The van der Waals surface area contributed by atoms with E-state index in [1.807, 2.05) is 19.4 Å². The summed E-state index contributed by atoms with van der Waals surface area (Å²) in [5.41, 5.74) is 5.50. The monoisotopic (exact) mass is 143 g/mol. The van der Waals surface area contributed by atoms with E-state index in [-0.39, 0.29) is 0 Å². The summed E-state index contributed by atoms with van der Waals surface area (Å²) in [4.78, 5) is 0. The molecule has 0 saturated carbocycles. The van der Waals surface area contributed by atoms with Crippen molar-refractivity contribution in [1.82, 2.24) is 9.78 Å². The second-order valence-corrected chi connectivity index (χ2v) is 2.56. The lowest BCUT2D eigenvalue weighted by molar-refractivity contribution is 0.748. The van der Waals surface area contributed by atoms with Crippen molar-refractivity contribution in [3.05, 3.63) is 6.07 Å². The van der Waals surface area contributed by atoms with Crippen molar-refractivity contribution in [3.63, 3.8) is 0 Å². The highest BCUT2D eigenvalue weighted by atomic mass is 32.2. The number of hydrogen-bond acceptors (Lipinski definition) is 3. The average Bonchev–Trinajstić information content (AvgIpc) is 2.13. The minimum Gasteiger partial charge on any atom is -0.384 e. The molecule has 4 heteroatoms. The molecule has 0 radical (unpaired) electrons. The number of aryl methyl sites for hydroxylation is 1. The summed E-state index contributed by atoms with van der Waals surface area (Å²) >= 11 is 1.59. The standard InChI is InChI=1S/C5H9N3S/c1-8-4(6)3-5(7-8)9-2/h3H,6H2,1-2H3. The van der Waals surface area contributed by atoms with Crippen LogP contribution in [0.15, 0.2) is 11.1 Å². The predicted octanol–water partition coefficient (Wildman–Crippen LogP) is 0.724. The van der Waals surface area contributed by atoms with Gasteiger partial charge in [-0.1, -0.05) is 0 Å². The Hall–Kier alpha value is -0.640. The number of thioether (sulfide) groups is 1. The first kappa shape index (κ1) is 6.48. The van der Waals surface area contributed by atoms with E-state index in [4.69, 9.17) is 5.73 Å². The Bertz CT molecular complexity index is 186. The summed E-state index contributed by atoms with van der Waals surface area (Å²) in [7, 11) is 1.83. The number of nitrogens with zero attached hydrogens (tertiary/aromatic N) is 2. The Balaban J connectivity index is 2.98. The minimum atomic E-state index is 0.708. The Morgan fingerprint density at radius 2 is 2.44 bits per heavy atom. The molecule has 3 nitrogen and oxygen atoms in total. The summed E-state index contributed by atoms with van der Waals surface area (Å²) in [6, 6.07) is 1.85. The largest absolute Gasteiger partial charge is 0.384 e. The van der Waals surface area contributed by atoms with Crippen LogP contribution in [0.4, 0.5) is 5.82 Å². The molecule has 1 heterocycles. The number of anilines is 1. The lowest BCUT2D eigenvalue weighted by Crippen LogP contribution is -1.96. The highest BCUT2D eigenvalue weighted by Crippen LogP contribution is 2.14. The fourth-order valence-corrected chi connectivity index (χ4v) is 0.997. The summed E-state index contributed by atoms with van der Waals surface area (Å²) in [6.45, 7) is 0. The van der Waals surface area contributed by atoms with Gasteiger partial charge in [-0.25, -0.2) is 0 Å². The molecule has 0 atom stereocenters. The molecule has 1 aromatic rings. The zero-order chi connectivity index (χ0) is 6.85. The van der Waals surface area contributed by atoms with Gasteiger partial charge in [0.1, 0.15) is 10.8 Å². The lowest BCUT2D eigenvalue weighted by Gasteiger charge is -1.88. The van der Waals surface area contributed by atoms with E-state index in [1.54, 1.807) is 16.4 Å². The first-order valence-electron chi connectivity index (χ1n) is 2.57. The van der Waals surface area contributed by atoms with Gasteiger partial charge in [-0.2, -0.15) is 5.10 Å². The smallest absolute Gasteiger partial charge is 0.122 e. The molecule has 1 aromatic heterocycles. The lowest BCUT2D eigenvalue weighted by atomic mass is 10.7. The maximum absolute atomic E-state index is 5.50. The molecule has 0 aromatic carbocycles. The number of rotatable bonds is 1. The summed E-state index contributed by atoms with van der Waals surface area (Å²) < 4.78 is 1.66. The van der Waals surface area contributed by atoms with Crippen LogP contribution in [0.3, 0.4) is 0 Å². The first-order chi connectivity index (χ1) is 4.24. The Labute approximate surface area is 58.2 Å². The number of aromatic nitrogens is 2. The Kier molecular flexibility index (Phi) is 1.66. The molecule has 0 bridgehead atoms. The Morgan fingerprint density at radius 3 is 2.67 bits per heavy atom. The summed E-state index contributed by atoms with van der Waals surface area (Å²) in [5, 5.41) is 5.05. The van der Waals surface area contributed by atoms with Crippen LogP contribution in [0, 0.1) is 0 Å². The third-order valence-corrected chi connectivity index (χ3v) is 1.72. The van der Waals surface area contributed by atoms with Crippen LogP contribution >= 0.6 is 11.8 Å². The van der Waals surface area contributed by atoms with Gasteiger partial charge in [0.15, 0.2) is 0 Å².